The Morgan fingerprint density at radius 2 is 2.07 bits per heavy atom. The molecule has 1 heterocycles. The van der Waals surface area contributed by atoms with Crippen molar-refractivity contribution in [2.24, 2.45) is 9.98 Å². The third-order valence-corrected chi connectivity index (χ3v) is 4.76. The van der Waals surface area contributed by atoms with Crippen LogP contribution >= 0.6 is 0 Å². The first-order valence-corrected chi connectivity index (χ1v) is 10.1. The predicted molar refractivity (Wildman–Crippen MR) is 123 cm³/mol. The Morgan fingerprint density at radius 3 is 2.77 bits per heavy atom. The maximum Gasteiger partial charge on any atom is 0.256 e. The number of carbonyl (C=O) groups is 1. The van der Waals surface area contributed by atoms with Gasteiger partial charge in [-0.05, 0) is 44.9 Å². The van der Waals surface area contributed by atoms with Gasteiger partial charge in [0.1, 0.15) is 0 Å². The second-order valence-corrected chi connectivity index (χ2v) is 7.34. The van der Waals surface area contributed by atoms with Crippen molar-refractivity contribution in [1.82, 2.24) is 10.2 Å². The normalized spacial score (nSPS) is 13.4. The lowest BCUT2D eigenvalue weighted by Crippen LogP contribution is -2.37. The maximum atomic E-state index is 13.2. The van der Waals surface area contributed by atoms with Crippen LogP contribution in [0.15, 0.2) is 39.8 Å². The summed E-state index contributed by atoms with van der Waals surface area (Å²) in [5.41, 5.74) is 4.25. The van der Waals surface area contributed by atoms with Gasteiger partial charge in [-0.25, -0.2) is 9.98 Å². The summed E-state index contributed by atoms with van der Waals surface area (Å²) < 4.78 is 0. The molecule has 0 atom stereocenters. The van der Waals surface area contributed by atoms with Gasteiger partial charge >= 0.3 is 0 Å². The molecule has 1 aromatic carbocycles. The molecular formula is C23H31N5O2. The zero-order valence-electron chi connectivity index (χ0n) is 18.3. The lowest BCUT2D eigenvalue weighted by Gasteiger charge is -2.25. The van der Waals surface area contributed by atoms with Crippen LogP contribution in [-0.4, -0.2) is 67.4 Å². The number of anilines is 1. The first-order chi connectivity index (χ1) is 14.4. The molecule has 7 nitrogen and oxygen atoms in total. The largest absolute Gasteiger partial charge is 0.395 e. The minimum atomic E-state index is -0.148. The number of amides is 1. The third-order valence-electron chi connectivity index (χ3n) is 4.76. The average molecular weight is 410 g/mol. The van der Waals surface area contributed by atoms with Crippen LogP contribution in [0, 0.1) is 19.4 Å². The van der Waals surface area contributed by atoms with Crippen LogP contribution in [0.1, 0.15) is 36.2 Å². The van der Waals surface area contributed by atoms with Crippen molar-refractivity contribution < 1.29 is 9.90 Å². The molecular weight excluding hydrogens is 378 g/mol. The lowest BCUT2D eigenvalue weighted by molar-refractivity contribution is 0.0721. The number of rotatable bonds is 8. The van der Waals surface area contributed by atoms with Gasteiger partial charge in [0.15, 0.2) is 0 Å². The summed E-state index contributed by atoms with van der Waals surface area (Å²) in [6, 6.07) is 8.10. The first-order valence-electron chi connectivity index (χ1n) is 10.1. The number of nitrogens with one attached hydrogen (secondary N) is 1. The molecule has 0 saturated heterocycles. The number of benzene rings is 1. The number of terminal acetylenes is 1. The molecule has 2 N–H and O–H groups in total. The topological polar surface area (TPSA) is 80.5 Å². The van der Waals surface area contributed by atoms with E-state index < -0.39 is 0 Å². The van der Waals surface area contributed by atoms with Gasteiger partial charge in [0.05, 0.1) is 24.4 Å². The summed E-state index contributed by atoms with van der Waals surface area (Å²) in [7, 11) is 1.76. The lowest BCUT2D eigenvalue weighted by atomic mass is 10.1. The van der Waals surface area contributed by atoms with Gasteiger partial charge < -0.3 is 20.2 Å². The molecule has 0 radical (unpaired) electrons. The Kier molecular flexibility index (Phi) is 8.63. The SMILES string of the molecule is C#CN(C)c1c(C)cccc1C(=O)N(CCO)CCCNC1=NCC(C)=CC(C)=N1. The summed E-state index contributed by atoms with van der Waals surface area (Å²) in [4.78, 5) is 25.4. The van der Waals surface area contributed by atoms with E-state index in [9.17, 15) is 9.90 Å². The highest BCUT2D eigenvalue weighted by Crippen LogP contribution is 2.25. The predicted octanol–water partition coefficient (Wildman–Crippen LogP) is 2.21. The van der Waals surface area contributed by atoms with E-state index >= 15 is 0 Å². The Labute approximate surface area is 179 Å². The van der Waals surface area contributed by atoms with Gasteiger partial charge in [-0.15, -0.1) is 0 Å². The van der Waals surface area contributed by atoms with Gasteiger partial charge in [-0.2, -0.15) is 0 Å². The molecule has 1 aromatic rings. The zero-order valence-corrected chi connectivity index (χ0v) is 18.3. The Bertz CT molecular complexity index is 895. The molecule has 0 bridgehead atoms. The van der Waals surface area contributed by atoms with Crippen LogP contribution in [-0.2, 0) is 0 Å². The second kappa shape index (κ2) is 11.2. The van der Waals surface area contributed by atoms with Crippen LogP contribution in [0.4, 0.5) is 5.69 Å². The second-order valence-electron chi connectivity index (χ2n) is 7.34. The number of guanidine groups is 1. The molecule has 0 spiro atoms. The summed E-state index contributed by atoms with van der Waals surface area (Å²) in [6.07, 6.45) is 8.27. The highest BCUT2D eigenvalue weighted by molar-refractivity contribution is 6.03. The fourth-order valence-electron chi connectivity index (χ4n) is 3.35. The number of aliphatic hydroxyl groups is 1. The molecule has 0 aliphatic carbocycles. The number of carbonyl (C=O) groups excluding carboxylic acids is 1. The Morgan fingerprint density at radius 1 is 1.30 bits per heavy atom. The van der Waals surface area contributed by atoms with Crippen LogP contribution in [0.3, 0.4) is 0 Å². The van der Waals surface area contributed by atoms with Gasteiger partial charge in [0.2, 0.25) is 5.96 Å². The summed E-state index contributed by atoms with van der Waals surface area (Å²) in [6.45, 7) is 7.78. The average Bonchev–Trinajstić information content (AvgIpc) is 2.88. The van der Waals surface area contributed by atoms with Crippen molar-refractivity contribution in [3.8, 4) is 12.5 Å². The van der Waals surface area contributed by atoms with Crippen LogP contribution in [0.5, 0.6) is 0 Å². The molecule has 0 saturated carbocycles. The van der Waals surface area contributed by atoms with Crippen molar-refractivity contribution in [3.05, 3.63) is 41.0 Å². The van der Waals surface area contributed by atoms with Crippen molar-refractivity contribution >= 4 is 23.3 Å². The fraction of sp³-hybridized carbons (Fsp3) is 0.435. The number of nitrogens with zero attached hydrogens (tertiary/aromatic N) is 4. The van der Waals surface area contributed by atoms with Gasteiger partial charge in [0.25, 0.3) is 5.91 Å². The van der Waals surface area contributed by atoms with Crippen LogP contribution in [0.25, 0.3) is 0 Å². The molecule has 1 amide bonds. The van der Waals surface area contributed by atoms with E-state index in [1.54, 1.807) is 22.9 Å². The van der Waals surface area contributed by atoms with E-state index in [1.165, 1.54) is 5.57 Å². The van der Waals surface area contributed by atoms with Crippen molar-refractivity contribution in [2.45, 2.75) is 27.2 Å². The molecule has 0 unspecified atom stereocenters. The summed E-state index contributed by atoms with van der Waals surface area (Å²) in [5.74, 6) is 0.461. The van der Waals surface area contributed by atoms with Crippen molar-refractivity contribution in [1.29, 1.82) is 0 Å². The molecule has 1 aliphatic rings. The van der Waals surface area contributed by atoms with E-state index in [4.69, 9.17) is 6.42 Å². The van der Waals surface area contributed by atoms with E-state index in [-0.39, 0.29) is 19.1 Å². The standard InChI is InChI=1S/C23H31N5O2/c1-6-27(5)21-18(3)9-7-10-20(21)22(30)28(13-14-29)12-8-11-24-23-25-16-17(2)15-19(4)26-23/h1,7,9-10,15,29H,8,11-14,16H2,2-5H3,(H,24,25). The molecule has 2 rings (SSSR count). The molecule has 0 fully saturated rings. The van der Waals surface area contributed by atoms with Crippen LogP contribution in [0.2, 0.25) is 0 Å². The number of hydrogen-bond donors (Lipinski definition) is 2. The Balaban J connectivity index is 2.03. The highest BCUT2D eigenvalue weighted by atomic mass is 16.3. The maximum absolute atomic E-state index is 13.2. The van der Waals surface area contributed by atoms with Gasteiger partial charge in [-0.3, -0.25) is 4.79 Å². The first kappa shape index (κ1) is 23.2. The molecule has 7 heteroatoms. The number of para-hydroxylation sites is 1. The van der Waals surface area contributed by atoms with E-state index in [2.05, 4.69) is 21.3 Å². The quantitative estimate of drug-likeness (QED) is 0.392. The molecule has 0 aromatic heterocycles. The van der Waals surface area contributed by atoms with Crippen LogP contribution < -0.4 is 10.2 Å². The summed E-state index contributed by atoms with van der Waals surface area (Å²) in [5, 5.41) is 12.7. The number of allylic oxidation sites excluding steroid dienone is 1. The third kappa shape index (κ3) is 6.19. The number of aliphatic imine (C=N–C) groups is 2. The van der Waals surface area contributed by atoms with Gasteiger partial charge in [-0.1, -0.05) is 24.1 Å². The van der Waals surface area contributed by atoms with E-state index in [0.29, 0.717) is 43.3 Å². The Hall–Kier alpha value is -3.11. The fourth-order valence-corrected chi connectivity index (χ4v) is 3.35. The van der Waals surface area contributed by atoms with Crippen molar-refractivity contribution in [3.63, 3.8) is 0 Å². The molecule has 160 valence electrons. The van der Waals surface area contributed by atoms with Gasteiger partial charge in [0, 0.05) is 38.4 Å². The number of aliphatic hydroxyl groups excluding tert-OH is 1. The number of aryl methyl sites for hydroxylation is 1. The summed E-state index contributed by atoms with van der Waals surface area (Å²) >= 11 is 0. The van der Waals surface area contributed by atoms with Crippen molar-refractivity contribution in [2.75, 3.05) is 44.7 Å². The molecule has 30 heavy (non-hydrogen) atoms. The van der Waals surface area contributed by atoms with E-state index in [0.717, 1.165) is 11.3 Å². The smallest absolute Gasteiger partial charge is 0.256 e. The minimum Gasteiger partial charge on any atom is -0.395 e. The monoisotopic (exact) mass is 409 g/mol. The van der Waals surface area contributed by atoms with E-state index in [1.807, 2.05) is 39.0 Å². The number of hydrogen-bond acceptors (Lipinski definition) is 6. The zero-order chi connectivity index (χ0) is 22.1. The highest BCUT2D eigenvalue weighted by Gasteiger charge is 2.21. The molecule has 1 aliphatic heterocycles. The minimum absolute atomic E-state index is 0.105.